The van der Waals surface area contributed by atoms with Crippen molar-refractivity contribution in [2.45, 2.75) is 43.2 Å². The number of rotatable bonds is 0. The topological polar surface area (TPSA) is 38.3 Å². The van der Waals surface area contributed by atoms with Crippen molar-refractivity contribution >= 4 is 6.09 Å². The van der Waals surface area contributed by atoms with E-state index in [4.69, 9.17) is 4.74 Å². The van der Waals surface area contributed by atoms with E-state index in [0.29, 0.717) is 0 Å². The maximum atomic E-state index is 11.2. The van der Waals surface area contributed by atoms with E-state index in [-0.39, 0.29) is 17.2 Å². The van der Waals surface area contributed by atoms with Gasteiger partial charge >= 0.3 is 6.09 Å². The van der Waals surface area contributed by atoms with Crippen LogP contribution in [-0.4, -0.2) is 17.2 Å². The van der Waals surface area contributed by atoms with Gasteiger partial charge in [-0.05, 0) is 43.9 Å². The second-order valence-corrected chi connectivity index (χ2v) is 5.38. The van der Waals surface area contributed by atoms with Gasteiger partial charge in [0.05, 0.1) is 5.54 Å². The Kier molecular flexibility index (Phi) is 0.822. The molecule has 1 amide bonds. The van der Waals surface area contributed by atoms with Crippen LogP contribution in [0.1, 0.15) is 32.1 Å². The van der Waals surface area contributed by atoms with E-state index in [2.05, 4.69) is 5.32 Å². The van der Waals surface area contributed by atoms with Crippen molar-refractivity contribution in [3.8, 4) is 0 Å². The molecule has 2 unspecified atom stereocenters. The summed E-state index contributed by atoms with van der Waals surface area (Å²) in [6.07, 6.45) is 5.82. The van der Waals surface area contributed by atoms with Gasteiger partial charge in [0.15, 0.2) is 0 Å². The summed E-state index contributed by atoms with van der Waals surface area (Å²) in [5, 5.41) is 3.08. The molecule has 5 rings (SSSR count). The van der Waals surface area contributed by atoms with E-state index in [0.717, 1.165) is 24.7 Å². The number of alkyl carbamates (subject to hydrolysis) is 1. The quantitative estimate of drug-likeness (QED) is 0.611. The Morgan fingerprint density at radius 1 is 1.23 bits per heavy atom. The van der Waals surface area contributed by atoms with Crippen LogP contribution in [0, 0.1) is 11.8 Å². The molecular formula is C10H13NO2. The third-order valence-electron chi connectivity index (χ3n) is 4.68. The van der Waals surface area contributed by atoms with Gasteiger partial charge in [-0.1, -0.05) is 0 Å². The van der Waals surface area contributed by atoms with Crippen molar-refractivity contribution in [3.63, 3.8) is 0 Å². The molecule has 4 atom stereocenters. The average Bonchev–Trinajstić information content (AvgIpc) is 2.37. The molecule has 1 aliphatic heterocycles. The summed E-state index contributed by atoms with van der Waals surface area (Å²) in [4.78, 5) is 11.2. The Labute approximate surface area is 76.8 Å². The lowest BCUT2D eigenvalue weighted by Gasteiger charge is -2.29. The Hall–Kier alpha value is -0.730. The first-order valence-corrected chi connectivity index (χ1v) is 5.23. The van der Waals surface area contributed by atoms with Gasteiger partial charge in [0, 0.05) is 0 Å². The number of nitrogens with one attached hydrogen (secondary N) is 1. The third-order valence-corrected chi connectivity index (χ3v) is 4.68. The highest BCUT2D eigenvalue weighted by Crippen LogP contribution is 2.65. The van der Waals surface area contributed by atoms with Gasteiger partial charge in [0.1, 0.15) is 5.60 Å². The number of ether oxygens (including phenoxy) is 1. The lowest BCUT2D eigenvalue weighted by Crippen LogP contribution is -2.48. The first-order chi connectivity index (χ1) is 6.21. The minimum Gasteiger partial charge on any atom is -0.440 e. The fourth-order valence-corrected chi connectivity index (χ4v) is 4.59. The maximum Gasteiger partial charge on any atom is 0.408 e. The van der Waals surface area contributed by atoms with Gasteiger partial charge in [-0.15, -0.1) is 0 Å². The van der Waals surface area contributed by atoms with Crippen molar-refractivity contribution in [2.24, 2.45) is 11.8 Å². The van der Waals surface area contributed by atoms with E-state index < -0.39 is 0 Å². The Morgan fingerprint density at radius 3 is 2.54 bits per heavy atom. The summed E-state index contributed by atoms with van der Waals surface area (Å²) in [5.74, 6) is 1.65. The molecule has 0 aromatic carbocycles. The van der Waals surface area contributed by atoms with Crippen LogP contribution in [-0.2, 0) is 4.74 Å². The highest BCUT2D eigenvalue weighted by Gasteiger charge is 2.73. The molecule has 0 aromatic heterocycles. The van der Waals surface area contributed by atoms with E-state index >= 15 is 0 Å². The molecular weight excluding hydrogens is 166 g/mol. The molecule has 1 heterocycles. The van der Waals surface area contributed by atoms with Gasteiger partial charge < -0.3 is 10.1 Å². The molecule has 13 heavy (non-hydrogen) atoms. The standard InChI is InChI=1S/C10H13NO2/c12-8-11-9-2-6-1-7(3-9)5-10(9,4-6)13-8/h6-7H,1-5H2,(H,11,12)/t6-,7+,9?,10?. The van der Waals surface area contributed by atoms with Crippen molar-refractivity contribution in [1.29, 1.82) is 0 Å². The zero-order valence-corrected chi connectivity index (χ0v) is 7.51. The Morgan fingerprint density at radius 2 is 1.92 bits per heavy atom. The minimum absolute atomic E-state index is 0.0671. The molecule has 0 aromatic rings. The monoisotopic (exact) mass is 179 g/mol. The predicted octanol–water partition coefficient (Wildman–Crippen LogP) is 1.43. The molecule has 1 N–H and O–H groups in total. The van der Waals surface area contributed by atoms with E-state index in [9.17, 15) is 4.79 Å². The van der Waals surface area contributed by atoms with Gasteiger partial charge in [0.2, 0.25) is 0 Å². The molecule has 4 saturated carbocycles. The molecule has 3 nitrogen and oxygen atoms in total. The second-order valence-electron chi connectivity index (χ2n) is 5.38. The number of hydrogen-bond acceptors (Lipinski definition) is 2. The van der Waals surface area contributed by atoms with Gasteiger partial charge in [-0.25, -0.2) is 4.79 Å². The maximum absolute atomic E-state index is 11.2. The molecule has 2 spiro atoms. The third kappa shape index (κ3) is 0.542. The highest BCUT2D eigenvalue weighted by molar-refractivity contribution is 5.73. The van der Waals surface area contributed by atoms with Gasteiger partial charge in [-0.3, -0.25) is 0 Å². The van der Waals surface area contributed by atoms with Crippen molar-refractivity contribution < 1.29 is 9.53 Å². The fourth-order valence-electron chi connectivity index (χ4n) is 4.59. The largest absolute Gasteiger partial charge is 0.440 e. The predicted molar refractivity (Wildman–Crippen MR) is 45.1 cm³/mol. The smallest absolute Gasteiger partial charge is 0.408 e. The molecule has 4 aliphatic carbocycles. The first-order valence-electron chi connectivity index (χ1n) is 5.23. The number of amides is 1. The van der Waals surface area contributed by atoms with Crippen LogP contribution < -0.4 is 5.32 Å². The van der Waals surface area contributed by atoms with Crippen LogP contribution >= 0.6 is 0 Å². The lowest BCUT2D eigenvalue weighted by atomic mass is 9.80. The van der Waals surface area contributed by atoms with E-state index in [1.165, 1.54) is 19.3 Å². The Balaban J connectivity index is 1.90. The molecule has 4 bridgehead atoms. The SMILES string of the molecule is O=C1NC23C[C@H]4C[C@@H](C2)CC3(C4)O1. The first kappa shape index (κ1) is 6.68. The molecule has 0 radical (unpaired) electrons. The zero-order chi connectivity index (χ0) is 8.68. The minimum atomic E-state index is -0.168. The summed E-state index contributed by atoms with van der Waals surface area (Å²) in [5.41, 5.74) is -0.00463. The normalized spacial score (nSPS) is 60.8. The van der Waals surface area contributed by atoms with Crippen molar-refractivity contribution in [2.75, 3.05) is 0 Å². The summed E-state index contributed by atoms with van der Waals surface area (Å²) >= 11 is 0. The van der Waals surface area contributed by atoms with Crippen molar-refractivity contribution in [3.05, 3.63) is 0 Å². The van der Waals surface area contributed by atoms with Crippen LogP contribution in [0.15, 0.2) is 0 Å². The molecule has 5 fully saturated rings. The lowest BCUT2D eigenvalue weighted by molar-refractivity contribution is 0.0205. The van der Waals surface area contributed by atoms with E-state index in [1.54, 1.807) is 0 Å². The summed E-state index contributed by atoms with van der Waals surface area (Å²) in [7, 11) is 0. The number of carbonyl (C=O) groups excluding carboxylic acids is 1. The van der Waals surface area contributed by atoms with Crippen molar-refractivity contribution in [1.82, 2.24) is 5.32 Å². The second kappa shape index (κ2) is 1.60. The summed E-state index contributed by atoms with van der Waals surface area (Å²) in [6, 6.07) is 0. The van der Waals surface area contributed by atoms with Crippen LogP contribution in [0.25, 0.3) is 0 Å². The zero-order valence-electron chi connectivity index (χ0n) is 7.51. The van der Waals surface area contributed by atoms with Crippen LogP contribution in [0.2, 0.25) is 0 Å². The number of carbonyl (C=O) groups is 1. The summed E-state index contributed by atoms with van der Waals surface area (Å²) in [6.45, 7) is 0. The molecule has 5 aliphatic rings. The van der Waals surface area contributed by atoms with Crippen LogP contribution in [0.5, 0.6) is 0 Å². The molecule has 70 valence electrons. The van der Waals surface area contributed by atoms with Gasteiger partial charge in [-0.2, -0.15) is 0 Å². The van der Waals surface area contributed by atoms with Gasteiger partial charge in [0.25, 0.3) is 0 Å². The average molecular weight is 179 g/mol. The Bertz CT molecular complexity index is 272. The molecule has 3 heteroatoms. The van der Waals surface area contributed by atoms with E-state index in [1.807, 2.05) is 0 Å². The van der Waals surface area contributed by atoms with Crippen LogP contribution in [0.3, 0.4) is 0 Å². The number of hydrogen-bond donors (Lipinski definition) is 1. The summed E-state index contributed by atoms with van der Waals surface area (Å²) < 4.78 is 5.54. The fraction of sp³-hybridized carbons (Fsp3) is 0.900. The molecule has 1 saturated heterocycles. The highest BCUT2D eigenvalue weighted by atomic mass is 16.6. The van der Waals surface area contributed by atoms with Crippen LogP contribution in [0.4, 0.5) is 4.79 Å².